The Morgan fingerprint density at radius 3 is 1.75 bits per heavy atom. The van der Waals surface area contributed by atoms with Crippen molar-refractivity contribution in [3.05, 3.63) is 114 Å². The number of para-hydroxylation sites is 2. The van der Waals surface area contributed by atoms with Gasteiger partial charge in [0.25, 0.3) is 0 Å². The van der Waals surface area contributed by atoms with E-state index >= 15 is 38.4 Å². The second-order valence-corrected chi connectivity index (χ2v) is 36.3. The van der Waals surface area contributed by atoms with Gasteiger partial charge < -0.3 is 124 Å². The van der Waals surface area contributed by atoms with E-state index in [1.165, 1.54) is 69.3 Å². The normalized spacial score (nSPS) is 25.1. The van der Waals surface area contributed by atoms with Gasteiger partial charge in [0.05, 0.1) is 32.2 Å². The van der Waals surface area contributed by atoms with Crippen LogP contribution < -0.4 is 70.0 Å². The molecule has 0 radical (unpaired) electrons. The van der Waals surface area contributed by atoms with Crippen LogP contribution in [0.25, 0.3) is 21.8 Å². The van der Waals surface area contributed by atoms with Crippen LogP contribution >= 0.6 is 0 Å². The number of aliphatic imine (C=N–C) groups is 1. The minimum absolute atomic E-state index is 0.0107. The van der Waals surface area contributed by atoms with Crippen molar-refractivity contribution in [2.24, 2.45) is 28.3 Å². The van der Waals surface area contributed by atoms with Crippen LogP contribution in [-0.4, -0.2) is 318 Å². The number of aliphatic hydroxyl groups is 2. The topological polar surface area (TPSA) is 622 Å². The van der Waals surface area contributed by atoms with Gasteiger partial charge in [0.1, 0.15) is 96.9 Å². The first-order valence-electron chi connectivity index (χ1n) is 46.4. The first-order chi connectivity index (χ1) is 65.1. The molecule has 0 unspecified atom stereocenters. The van der Waals surface area contributed by atoms with Gasteiger partial charge in [0.2, 0.25) is 100 Å². The van der Waals surface area contributed by atoms with Crippen molar-refractivity contribution in [2.75, 3.05) is 60.5 Å². The SMILES string of the molecule is CCCC[C@H]1C(=O)N(C)[C@@H](CCCC)C(=O)N[C@@H](CC(C)C)C(=O)N[C@H](C(=O)NCC(N)=O)CNCC(=O)N[C@@H](Cc2ccc(O)cc2)C(=O)N(C)[C@@H](C)C(=O)N[C@@H](CC(N)=O)C(=O)N2CCC[C@H]2C(=O)N[C@@H](CC2=CN=CC2)C(=O)N[C@@H](CC(C)C)C(=O)N2C[C@H](O)C[C@H]2C(=O)N[C@@H](Cc2c[nH]c3ccccc23)C(=O)N[C@@H](CO)C(=O)N[C@@H](Cc2cn(CC(=O)O)c3ccccc23)C(=O)N1C. The zero-order valence-electron chi connectivity index (χ0n) is 78.9. The Morgan fingerprint density at radius 2 is 1.12 bits per heavy atom. The average Bonchev–Trinajstić information content (AvgIpc) is 1.64. The molecule has 137 heavy (non-hydrogen) atoms. The number of likely N-dealkylation sites (N-methyl/N-ethyl adjacent to an activating group) is 3. The molecular formula is C94H131N21O22. The Balaban J connectivity index is 1.11. The van der Waals surface area contributed by atoms with Crippen LogP contribution in [0.3, 0.4) is 0 Å². The predicted molar refractivity (Wildman–Crippen MR) is 500 cm³/mol. The van der Waals surface area contributed by atoms with Crippen molar-refractivity contribution >= 4 is 134 Å². The van der Waals surface area contributed by atoms with Crippen LogP contribution in [-0.2, 0) is 112 Å². The van der Waals surface area contributed by atoms with E-state index in [0.29, 0.717) is 69.8 Å². The molecule has 3 saturated heterocycles. The highest BCUT2D eigenvalue weighted by molar-refractivity contribution is 6.03. The summed E-state index contributed by atoms with van der Waals surface area (Å²) < 4.78 is 1.41. The fraction of sp³-hybridized carbons (Fsp3) is 0.543. The number of carbonyl (C=O) groups is 18. The number of rotatable bonds is 26. The summed E-state index contributed by atoms with van der Waals surface area (Å²) in [6.07, 6.45) is 3.98. The molecule has 0 spiro atoms. The number of phenolic OH excluding ortho intramolecular Hbond substituents is 1. The fourth-order valence-electron chi connectivity index (χ4n) is 17.4. The van der Waals surface area contributed by atoms with E-state index < -0.39 is 256 Å². The third-order valence-electron chi connectivity index (χ3n) is 24.9. The average molecular weight is 1910 g/mol. The van der Waals surface area contributed by atoms with E-state index in [9.17, 15) is 68.4 Å². The zero-order valence-corrected chi connectivity index (χ0v) is 78.9. The van der Waals surface area contributed by atoms with Crippen LogP contribution in [0.2, 0.25) is 0 Å². The molecule has 3 fully saturated rings. The van der Waals surface area contributed by atoms with Crippen LogP contribution in [0.1, 0.15) is 155 Å². The first-order valence-corrected chi connectivity index (χ1v) is 46.4. The van der Waals surface area contributed by atoms with E-state index in [1.54, 1.807) is 88.6 Å². The van der Waals surface area contributed by atoms with Crippen LogP contribution in [0, 0.1) is 11.8 Å². The lowest BCUT2D eigenvalue weighted by molar-refractivity contribution is -0.149. The number of aromatic nitrogens is 2. The van der Waals surface area contributed by atoms with Crippen molar-refractivity contribution < 1.29 is 107 Å². The Kier molecular flexibility index (Phi) is 39.2. The molecule has 43 heteroatoms. The molecular weight excluding hydrogens is 1780 g/mol. The van der Waals surface area contributed by atoms with Crippen LogP contribution in [0.15, 0.2) is 102 Å². The minimum atomic E-state index is -1.96. The third kappa shape index (κ3) is 29.4. The number of aliphatic hydroxyl groups excluding tert-OH is 2. The van der Waals surface area contributed by atoms with Gasteiger partial charge in [-0.3, -0.25) is 91.3 Å². The molecule has 3 aromatic carbocycles. The molecule has 0 bridgehead atoms. The summed E-state index contributed by atoms with van der Waals surface area (Å²) in [5.74, 6) is -18.4. The number of fused-ring (bicyclic) bond motifs is 4. The van der Waals surface area contributed by atoms with E-state index in [1.807, 2.05) is 13.8 Å². The third-order valence-corrected chi connectivity index (χ3v) is 24.9. The van der Waals surface area contributed by atoms with E-state index in [4.69, 9.17) is 11.5 Å². The molecule has 43 nitrogen and oxygen atoms in total. The molecule has 4 aliphatic rings. The number of hydrogen-bond acceptors (Lipinski definition) is 23. The number of amides is 17. The lowest BCUT2D eigenvalue weighted by Crippen LogP contribution is -2.62. The molecule has 15 atom stereocenters. The number of unbranched alkanes of at least 4 members (excludes halogenated alkanes) is 2. The van der Waals surface area contributed by atoms with Gasteiger partial charge in [-0.1, -0.05) is 116 Å². The quantitative estimate of drug-likeness (QED) is 0.0286. The second-order valence-electron chi connectivity index (χ2n) is 36.3. The summed E-state index contributed by atoms with van der Waals surface area (Å²) in [5, 5.41) is 73.4. The molecule has 0 aliphatic carbocycles. The number of H-pyrrole nitrogens is 1. The summed E-state index contributed by atoms with van der Waals surface area (Å²) in [6.45, 7) is 7.60. The molecule has 17 amide bonds. The fourth-order valence-corrected chi connectivity index (χ4v) is 17.4. The predicted octanol–water partition coefficient (Wildman–Crippen LogP) is -1.95. The number of aromatic hydroxyl groups is 1. The summed E-state index contributed by atoms with van der Waals surface area (Å²) in [7, 11) is 3.85. The number of hydrogen-bond donors (Lipinski definition) is 18. The number of benzene rings is 3. The van der Waals surface area contributed by atoms with Gasteiger partial charge in [-0.15, -0.1) is 0 Å². The van der Waals surface area contributed by atoms with Gasteiger partial charge in [0, 0.05) is 119 Å². The summed E-state index contributed by atoms with van der Waals surface area (Å²) in [6, 6.07) is -2.96. The summed E-state index contributed by atoms with van der Waals surface area (Å²) in [4.78, 5) is 276. The molecule has 0 saturated carbocycles. The van der Waals surface area contributed by atoms with Crippen molar-refractivity contribution in [3.63, 3.8) is 0 Å². The number of carbonyl (C=O) groups excluding carboxylic acids is 17. The van der Waals surface area contributed by atoms with E-state index in [2.05, 4.69) is 68.5 Å². The largest absolute Gasteiger partial charge is 0.508 e. The van der Waals surface area contributed by atoms with Crippen molar-refractivity contribution in [1.29, 1.82) is 0 Å². The molecule has 744 valence electrons. The lowest BCUT2D eigenvalue weighted by Gasteiger charge is -2.36. The number of carboxylic acids is 1. The Labute approximate surface area is 793 Å². The van der Waals surface area contributed by atoms with E-state index in [-0.39, 0.29) is 88.3 Å². The van der Waals surface area contributed by atoms with Crippen LogP contribution in [0.5, 0.6) is 5.75 Å². The van der Waals surface area contributed by atoms with Gasteiger partial charge in [-0.2, -0.15) is 0 Å². The number of phenols is 1. The standard InChI is InChI=1S/C94H131N21O22/c1-11-13-23-73-87(130)102-63(34-51(3)4)83(126)108-70(82(125)100-45-78(96)120)44-98-46-79(121)101-67(36-54-27-29-58(117)30-28-54)90(133)110(8)53(7)81(124)105-69(41-77(95)119)92(135)114-33-19-26-74(114)88(131)103-64(37-55-31-32-97-42-55)84(127)106-66(35-52(5)6)93(136)115-48-59(118)40-76(115)89(132)104-65(38-56-43-99-62-22-17-15-20-60(56)62)85(128)109-71(50-116)86(129)107-68(91(134)112(10)75(24-14-12-2)94(137)111(73)9)39-57-47-113(49-80(122)123)72-25-18-16-21-61(57)72/h15-18,20-22,25,27-30,32,42-43,47,51-53,59,63-71,73-76,98-99,116-118H,11-14,19,23-24,26,31,33-41,44-46,48-50H2,1-10H3,(H2,95,119)(H2,96,120)(H,100,125)(H,101,121)(H,102,130)(H,103,131)(H,104,132)(H,105,124)(H,106,127)(H,107,129)(H,108,126)(H,109,128)(H,122,123)/t53-,59+,63-,64-,65-,66-,67-,68-,69-,70-,71-,73-,74-,75-,76-/m0/s1. The summed E-state index contributed by atoms with van der Waals surface area (Å²) in [5.41, 5.74) is 13.9. The molecule has 9 rings (SSSR count). The van der Waals surface area contributed by atoms with Crippen LogP contribution in [0.4, 0.5) is 0 Å². The summed E-state index contributed by atoms with van der Waals surface area (Å²) >= 11 is 0. The Bertz CT molecular complexity index is 5290. The number of aliphatic carboxylic acids is 1. The minimum Gasteiger partial charge on any atom is -0.508 e. The van der Waals surface area contributed by atoms with Crippen molar-refractivity contribution in [1.82, 2.24) is 92.5 Å². The highest BCUT2D eigenvalue weighted by atomic mass is 16.4. The number of nitrogens with zero attached hydrogens (tertiary/aromatic N) is 7. The number of nitrogens with one attached hydrogen (secondary N) is 12. The van der Waals surface area contributed by atoms with Gasteiger partial charge in [0.15, 0.2) is 0 Å². The second kappa shape index (κ2) is 50.2. The molecule has 4 aliphatic heterocycles. The number of nitrogens with two attached hydrogens (primary N) is 2. The van der Waals surface area contributed by atoms with Gasteiger partial charge in [-0.25, -0.2) is 0 Å². The maximum Gasteiger partial charge on any atom is 0.323 e. The van der Waals surface area contributed by atoms with Gasteiger partial charge in [-0.05, 0) is 110 Å². The van der Waals surface area contributed by atoms with E-state index in [0.717, 1.165) is 24.5 Å². The number of primary amides is 2. The number of carboxylic acid groups (broad SMARTS) is 1. The maximum atomic E-state index is 15.9. The van der Waals surface area contributed by atoms with Crippen molar-refractivity contribution in [3.8, 4) is 5.75 Å². The first kappa shape index (κ1) is 107. The zero-order chi connectivity index (χ0) is 100. The molecule has 2 aromatic heterocycles. The monoisotopic (exact) mass is 1910 g/mol. The highest BCUT2D eigenvalue weighted by Gasteiger charge is 2.47. The Hall–Kier alpha value is -13.7. The molecule has 5 aromatic rings. The highest BCUT2D eigenvalue weighted by Crippen LogP contribution is 2.29. The van der Waals surface area contributed by atoms with Crippen molar-refractivity contribution in [2.45, 2.75) is 255 Å². The number of aromatic amines is 1. The molecule has 20 N–H and O–H groups in total. The Morgan fingerprint density at radius 1 is 0.562 bits per heavy atom. The smallest absolute Gasteiger partial charge is 0.323 e. The maximum absolute atomic E-state index is 15.9. The lowest BCUT2D eigenvalue weighted by atomic mass is 9.99. The van der Waals surface area contributed by atoms with Gasteiger partial charge >= 0.3 is 5.97 Å². The molecule has 6 heterocycles.